The second kappa shape index (κ2) is 10.6. The lowest BCUT2D eigenvalue weighted by Gasteiger charge is -2.15. The van der Waals surface area contributed by atoms with Crippen molar-refractivity contribution in [2.24, 2.45) is 5.73 Å². The van der Waals surface area contributed by atoms with Crippen molar-refractivity contribution >= 4 is 33.3 Å². The van der Waals surface area contributed by atoms with E-state index in [9.17, 15) is 14.0 Å². The van der Waals surface area contributed by atoms with Crippen molar-refractivity contribution < 1.29 is 32.5 Å². The highest BCUT2D eigenvalue weighted by Crippen LogP contribution is 2.44. The van der Waals surface area contributed by atoms with Crippen molar-refractivity contribution in [1.82, 2.24) is 0 Å². The van der Waals surface area contributed by atoms with Crippen LogP contribution in [0.3, 0.4) is 0 Å². The van der Waals surface area contributed by atoms with Gasteiger partial charge in [0, 0.05) is 23.9 Å². The second-order valence-electron chi connectivity index (χ2n) is 7.77. The summed E-state index contributed by atoms with van der Waals surface area (Å²) in [5.41, 5.74) is 5.61. The number of methoxy groups -OCH3 is 3. The zero-order valence-corrected chi connectivity index (χ0v) is 20.0. The molecule has 0 aliphatic carbocycles. The number of fused-ring (bicyclic) bond motifs is 3. The third-order valence-electron chi connectivity index (χ3n) is 5.48. The number of ether oxygens (including phenoxy) is 4. The van der Waals surface area contributed by atoms with E-state index in [0.717, 1.165) is 6.07 Å². The summed E-state index contributed by atoms with van der Waals surface area (Å²) in [5, 5.41) is 3.83. The van der Waals surface area contributed by atoms with E-state index >= 15 is 0 Å². The molecule has 0 fully saturated rings. The summed E-state index contributed by atoms with van der Waals surface area (Å²) in [6.45, 7) is 0.260. The van der Waals surface area contributed by atoms with Gasteiger partial charge in [0.1, 0.15) is 35.4 Å². The number of nitrogens with two attached hydrogens (primary N) is 1. The molecule has 3 aromatic carbocycles. The standard InChI is InChI=1S/C26H25FN2O7/c1-32-19-4-5-20(33-2)25-24(19)22(34-3)11-17-18(30)12-21(36-26(17)25)14-8-15(27)10-16(9-14)29-23(31)13-35-7-6-28/h4-5,8-12H,6-7,13,28H2,1-3H3,(H,29,31). The predicted molar refractivity (Wildman–Crippen MR) is 134 cm³/mol. The SMILES string of the molecule is COc1ccc(OC)c2c1c(OC)cc1c(=O)cc(-c3cc(F)cc(NC(=O)COCCN)c3)oc12. The van der Waals surface area contributed by atoms with Gasteiger partial charge in [-0.05, 0) is 36.4 Å². The summed E-state index contributed by atoms with van der Waals surface area (Å²) in [4.78, 5) is 25.3. The molecule has 36 heavy (non-hydrogen) atoms. The first-order valence-corrected chi connectivity index (χ1v) is 11.0. The fourth-order valence-electron chi connectivity index (χ4n) is 3.96. The van der Waals surface area contributed by atoms with Crippen molar-refractivity contribution in [3.8, 4) is 28.6 Å². The Morgan fingerprint density at radius 1 is 0.972 bits per heavy atom. The number of hydrogen-bond acceptors (Lipinski definition) is 8. The van der Waals surface area contributed by atoms with Gasteiger partial charge in [0.25, 0.3) is 0 Å². The third-order valence-corrected chi connectivity index (χ3v) is 5.48. The number of rotatable bonds is 9. The van der Waals surface area contributed by atoms with Crippen molar-refractivity contribution in [3.63, 3.8) is 0 Å². The first-order valence-electron chi connectivity index (χ1n) is 11.0. The average molecular weight is 496 g/mol. The Morgan fingerprint density at radius 3 is 2.33 bits per heavy atom. The van der Waals surface area contributed by atoms with Gasteiger partial charge in [0.2, 0.25) is 5.91 Å². The Bertz CT molecular complexity index is 1500. The number of benzene rings is 3. The predicted octanol–water partition coefficient (Wildman–Crippen LogP) is 3.69. The van der Waals surface area contributed by atoms with Crippen molar-refractivity contribution in [1.29, 1.82) is 0 Å². The zero-order chi connectivity index (χ0) is 25.8. The zero-order valence-electron chi connectivity index (χ0n) is 20.0. The Balaban J connectivity index is 1.89. The van der Waals surface area contributed by atoms with Crippen LogP contribution in [0.15, 0.2) is 51.7 Å². The molecule has 0 saturated heterocycles. The molecule has 0 unspecified atom stereocenters. The Hall–Kier alpha value is -4.15. The maximum atomic E-state index is 14.5. The van der Waals surface area contributed by atoms with Crippen LogP contribution in [0.25, 0.3) is 33.1 Å². The molecular weight excluding hydrogens is 471 g/mol. The molecule has 0 aliphatic rings. The Kier molecular flexibility index (Phi) is 7.37. The molecule has 4 aromatic rings. The molecule has 0 bridgehead atoms. The maximum absolute atomic E-state index is 14.5. The average Bonchev–Trinajstić information content (AvgIpc) is 2.87. The van der Waals surface area contributed by atoms with Crippen LogP contribution in [0.1, 0.15) is 0 Å². The number of halogens is 1. The third kappa shape index (κ3) is 4.81. The van der Waals surface area contributed by atoms with Crippen molar-refractivity contribution in [3.05, 3.63) is 58.5 Å². The highest BCUT2D eigenvalue weighted by Gasteiger charge is 2.21. The molecule has 0 spiro atoms. The van der Waals surface area contributed by atoms with Gasteiger partial charge in [0.15, 0.2) is 11.0 Å². The van der Waals surface area contributed by atoms with Crippen molar-refractivity contribution in [2.75, 3.05) is 46.4 Å². The number of anilines is 1. The molecule has 188 valence electrons. The summed E-state index contributed by atoms with van der Waals surface area (Å²) >= 11 is 0. The minimum atomic E-state index is -0.632. The molecule has 0 radical (unpaired) electrons. The van der Waals surface area contributed by atoms with E-state index in [4.69, 9.17) is 29.1 Å². The normalized spacial score (nSPS) is 11.0. The lowest BCUT2D eigenvalue weighted by molar-refractivity contribution is -0.120. The van der Waals surface area contributed by atoms with E-state index in [2.05, 4.69) is 5.32 Å². The van der Waals surface area contributed by atoms with Crippen LogP contribution in [0.2, 0.25) is 0 Å². The highest BCUT2D eigenvalue weighted by molar-refractivity contribution is 6.13. The first-order chi connectivity index (χ1) is 17.4. The molecule has 0 aliphatic heterocycles. The largest absolute Gasteiger partial charge is 0.496 e. The molecule has 10 heteroatoms. The monoisotopic (exact) mass is 496 g/mol. The molecule has 4 rings (SSSR count). The number of nitrogens with one attached hydrogen (secondary N) is 1. The molecule has 3 N–H and O–H groups in total. The van der Waals surface area contributed by atoms with Crippen LogP contribution >= 0.6 is 0 Å². The van der Waals surface area contributed by atoms with E-state index in [-0.39, 0.29) is 53.2 Å². The highest BCUT2D eigenvalue weighted by atomic mass is 19.1. The van der Waals surface area contributed by atoms with Crippen LogP contribution in [0.5, 0.6) is 17.2 Å². The molecule has 1 amide bonds. The minimum Gasteiger partial charge on any atom is -0.496 e. The quantitative estimate of drug-likeness (QED) is 0.266. The van der Waals surface area contributed by atoms with Gasteiger partial charge >= 0.3 is 0 Å². The molecular formula is C26H25FN2O7. The van der Waals surface area contributed by atoms with Gasteiger partial charge in [-0.3, -0.25) is 9.59 Å². The van der Waals surface area contributed by atoms with Gasteiger partial charge in [-0.15, -0.1) is 0 Å². The minimum absolute atomic E-state index is 0.0956. The van der Waals surface area contributed by atoms with E-state index < -0.39 is 11.7 Å². The smallest absolute Gasteiger partial charge is 0.250 e. The molecule has 1 aromatic heterocycles. The summed E-state index contributed by atoms with van der Waals surface area (Å²) in [6.07, 6.45) is 0. The number of amides is 1. The summed E-state index contributed by atoms with van der Waals surface area (Å²) in [7, 11) is 4.49. The number of carbonyl (C=O) groups is 1. The maximum Gasteiger partial charge on any atom is 0.250 e. The van der Waals surface area contributed by atoms with Crippen LogP contribution < -0.4 is 30.7 Å². The van der Waals surface area contributed by atoms with Gasteiger partial charge in [0.05, 0.1) is 44.1 Å². The number of hydrogen-bond donors (Lipinski definition) is 2. The summed E-state index contributed by atoms with van der Waals surface area (Å²) < 4.78 is 42.3. The molecule has 0 saturated carbocycles. The lowest BCUT2D eigenvalue weighted by atomic mass is 10.0. The summed E-state index contributed by atoms with van der Waals surface area (Å²) in [5.74, 6) is 0.311. The first kappa shape index (κ1) is 25.0. The van der Waals surface area contributed by atoms with Crippen LogP contribution in [0.4, 0.5) is 10.1 Å². The fraction of sp³-hybridized carbons (Fsp3) is 0.231. The van der Waals surface area contributed by atoms with E-state index in [1.54, 1.807) is 18.2 Å². The van der Waals surface area contributed by atoms with E-state index in [1.165, 1.54) is 39.5 Å². The second-order valence-corrected chi connectivity index (χ2v) is 7.77. The van der Waals surface area contributed by atoms with Crippen LogP contribution in [-0.2, 0) is 9.53 Å². The lowest BCUT2D eigenvalue weighted by Crippen LogP contribution is -2.20. The topological polar surface area (TPSA) is 122 Å². The van der Waals surface area contributed by atoms with E-state index in [0.29, 0.717) is 28.0 Å². The molecule has 9 nitrogen and oxygen atoms in total. The number of carbonyl (C=O) groups excluding carboxylic acids is 1. The van der Waals surface area contributed by atoms with Gasteiger partial charge in [-0.1, -0.05) is 0 Å². The van der Waals surface area contributed by atoms with Gasteiger partial charge in [-0.2, -0.15) is 0 Å². The van der Waals surface area contributed by atoms with Crippen LogP contribution in [-0.4, -0.2) is 47.0 Å². The Labute approximate surface area is 205 Å². The van der Waals surface area contributed by atoms with E-state index in [1.807, 2.05) is 0 Å². The summed E-state index contributed by atoms with van der Waals surface area (Å²) in [6, 6.07) is 10.1. The fourth-order valence-corrected chi connectivity index (χ4v) is 3.96. The van der Waals surface area contributed by atoms with Crippen LogP contribution in [0, 0.1) is 5.82 Å². The Morgan fingerprint density at radius 2 is 1.67 bits per heavy atom. The van der Waals surface area contributed by atoms with Gasteiger partial charge < -0.3 is 34.4 Å². The molecule has 1 heterocycles. The molecule has 0 atom stereocenters. The van der Waals surface area contributed by atoms with Crippen molar-refractivity contribution in [2.45, 2.75) is 0 Å². The van der Waals surface area contributed by atoms with Gasteiger partial charge in [-0.25, -0.2) is 4.39 Å².